The molecule has 0 saturated carbocycles. The monoisotopic (exact) mass is 462 g/mol. The number of aromatic nitrogens is 3. The summed E-state index contributed by atoms with van der Waals surface area (Å²) >= 11 is 0. The highest BCUT2D eigenvalue weighted by atomic mass is 19.4. The number of Topliss-reactive ketones (excluding diaryl/α,β-unsaturated/α-hetero) is 1. The van der Waals surface area contributed by atoms with E-state index < -0.39 is 29.8 Å². The van der Waals surface area contributed by atoms with Crippen LogP contribution in [-0.4, -0.2) is 44.6 Å². The van der Waals surface area contributed by atoms with Crippen molar-refractivity contribution in [3.05, 3.63) is 59.3 Å². The molecule has 2 aliphatic rings. The summed E-state index contributed by atoms with van der Waals surface area (Å²) in [5.74, 6) is -0.511. The molecule has 0 spiro atoms. The van der Waals surface area contributed by atoms with E-state index in [4.69, 9.17) is 9.26 Å². The third-order valence-corrected chi connectivity index (χ3v) is 5.97. The molecule has 33 heavy (non-hydrogen) atoms. The first-order chi connectivity index (χ1) is 15.7. The molecule has 7 nitrogen and oxygen atoms in total. The van der Waals surface area contributed by atoms with Crippen molar-refractivity contribution in [3.8, 4) is 17.3 Å². The Morgan fingerprint density at radius 1 is 1.21 bits per heavy atom. The number of nitrogens with zero attached hydrogens (tertiary/aromatic N) is 4. The molecule has 0 N–H and O–H groups in total. The lowest BCUT2D eigenvalue weighted by Gasteiger charge is -2.31. The van der Waals surface area contributed by atoms with Gasteiger partial charge in [0, 0.05) is 30.8 Å². The molecule has 2 bridgehead atoms. The first-order valence-electron chi connectivity index (χ1n) is 10.3. The van der Waals surface area contributed by atoms with Crippen LogP contribution in [0.4, 0.5) is 17.6 Å². The van der Waals surface area contributed by atoms with Crippen molar-refractivity contribution >= 4 is 5.78 Å². The van der Waals surface area contributed by atoms with Crippen molar-refractivity contribution in [1.82, 2.24) is 20.0 Å². The molecule has 11 heteroatoms. The second-order valence-corrected chi connectivity index (χ2v) is 8.18. The first kappa shape index (κ1) is 21.5. The molecule has 0 aliphatic carbocycles. The Labute approximate surface area is 185 Å². The molecular formula is C22H18F4N4O3. The molecule has 172 valence electrons. The molecule has 2 aromatic heterocycles. The topological polar surface area (TPSA) is 81.3 Å². The van der Waals surface area contributed by atoms with Crippen molar-refractivity contribution in [2.24, 2.45) is 5.92 Å². The number of aryl methyl sites for hydroxylation is 1. The fourth-order valence-electron chi connectivity index (χ4n) is 4.52. The number of alkyl halides is 3. The van der Waals surface area contributed by atoms with E-state index in [2.05, 4.69) is 15.1 Å². The van der Waals surface area contributed by atoms with Gasteiger partial charge in [-0.05, 0) is 31.4 Å². The molecule has 0 radical (unpaired) electrons. The van der Waals surface area contributed by atoms with Gasteiger partial charge in [-0.1, -0.05) is 17.3 Å². The highest BCUT2D eigenvalue weighted by molar-refractivity contribution is 6.05. The molecule has 4 heterocycles. The molecule has 4 unspecified atom stereocenters. The van der Waals surface area contributed by atoms with Gasteiger partial charge < -0.3 is 9.26 Å². The Hall–Kier alpha value is -3.34. The molecule has 2 aliphatic heterocycles. The predicted molar refractivity (Wildman–Crippen MR) is 106 cm³/mol. The van der Waals surface area contributed by atoms with Crippen LogP contribution in [0.2, 0.25) is 0 Å². The number of piperidine rings is 1. The van der Waals surface area contributed by atoms with Crippen LogP contribution in [0.1, 0.15) is 34.6 Å². The summed E-state index contributed by atoms with van der Waals surface area (Å²) in [6.07, 6.45) is -3.11. The lowest BCUT2D eigenvalue weighted by Crippen LogP contribution is -2.45. The number of carbonyl (C=O) groups is 1. The summed E-state index contributed by atoms with van der Waals surface area (Å²) < 4.78 is 63.9. The lowest BCUT2D eigenvalue weighted by molar-refractivity contribution is -0.137. The molecule has 4 atom stereocenters. The summed E-state index contributed by atoms with van der Waals surface area (Å²) in [5, 5.41) is 3.68. The standard InChI is InChI=1S/C22H18F4N4O3/c1-11-28-21(33-29-11)19-14(3-2-4-15(19)23)20(31)16-7-12-8-18(30(16)10-12)32-17-6-5-13(9-27-17)22(24,25)26/h2-6,9,12,16,18H,7-8,10H2,1H3. The molecule has 1 aromatic carbocycles. The zero-order valence-corrected chi connectivity index (χ0v) is 17.3. The third kappa shape index (κ3) is 3.97. The number of fused-ring (bicyclic) bond motifs is 2. The SMILES string of the molecule is Cc1noc(-c2c(F)cccc2C(=O)C2CC3CC(Oc4ccc(C(F)(F)F)cn4)N2C3)n1. The van der Waals surface area contributed by atoms with E-state index in [0.29, 0.717) is 31.4 Å². The van der Waals surface area contributed by atoms with Crippen molar-refractivity contribution in [2.75, 3.05) is 6.54 Å². The van der Waals surface area contributed by atoms with Crippen molar-refractivity contribution in [1.29, 1.82) is 0 Å². The molecule has 2 saturated heterocycles. The number of hydrogen-bond donors (Lipinski definition) is 0. The zero-order valence-electron chi connectivity index (χ0n) is 17.3. The Kier molecular flexibility index (Phi) is 5.15. The minimum absolute atomic E-state index is 0.0412. The minimum atomic E-state index is -4.49. The van der Waals surface area contributed by atoms with Crippen LogP contribution < -0.4 is 4.74 Å². The molecule has 3 aromatic rings. The quantitative estimate of drug-likeness (QED) is 0.414. The number of benzene rings is 1. The van der Waals surface area contributed by atoms with Gasteiger partial charge in [0.25, 0.3) is 5.89 Å². The van der Waals surface area contributed by atoms with E-state index in [9.17, 15) is 22.4 Å². The second kappa shape index (κ2) is 7.91. The van der Waals surface area contributed by atoms with E-state index in [1.165, 1.54) is 18.2 Å². The van der Waals surface area contributed by atoms with Gasteiger partial charge in [-0.2, -0.15) is 18.2 Å². The fraction of sp³-hybridized carbons (Fsp3) is 0.364. The Balaban J connectivity index is 1.38. The van der Waals surface area contributed by atoms with Gasteiger partial charge in [0.05, 0.1) is 17.2 Å². The van der Waals surface area contributed by atoms with E-state index in [-0.39, 0.29) is 34.6 Å². The highest BCUT2D eigenvalue weighted by Crippen LogP contribution is 2.41. The van der Waals surface area contributed by atoms with E-state index >= 15 is 0 Å². The first-order valence-corrected chi connectivity index (χ1v) is 10.3. The van der Waals surface area contributed by atoms with Gasteiger partial charge in [-0.25, -0.2) is 9.37 Å². The summed E-state index contributed by atoms with van der Waals surface area (Å²) in [7, 11) is 0. The van der Waals surface area contributed by atoms with Crippen LogP contribution in [0.25, 0.3) is 11.5 Å². The Morgan fingerprint density at radius 2 is 2.03 bits per heavy atom. The number of carbonyl (C=O) groups excluding carboxylic acids is 1. The summed E-state index contributed by atoms with van der Waals surface area (Å²) in [5.41, 5.74) is -0.789. The largest absolute Gasteiger partial charge is 0.458 e. The van der Waals surface area contributed by atoms with Crippen molar-refractivity contribution < 1.29 is 31.6 Å². The van der Waals surface area contributed by atoms with Crippen LogP contribution in [0, 0.1) is 18.7 Å². The van der Waals surface area contributed by atoms with Gasteiger partial charge in [0.15, 0.2) is 17.8 Å². The van der Waals surface area contributed by atoms with Crippen molar-refractivity contribution in [3.63, 3.8) is 0 Å². The maximum atomic E-state index is 14.7. The highest BCUT2D eigenvalue weighted by Gasteiger charge is 2.49. The van der Waals surface area contributed by atoms with Gasteiger partial charge in [0.2, 0.25) is 5.88 Å². The van der Waals surface area contributed by atoms with E-state index in [0.717, 1.165) is 12.1 Å². The fourth-order valence-corrected chi connectivity index (χ4v) is 4.52. The third-order valence-electron chi connectivity index (χ3n) is 5.97. The van der Waals surface area contributed by atoms with E-state index in [1.54, 1.807) is 6.92 Å². The average Bonchev–Trinajstić information content (AvgIpc) is 3.48. The molecule has 2 fully saturated rings. The van der Waals surface area contributed by atoms with Crippen LogP contribution in [0.5, 0.6) is 5.88 Å². The zero-order chi connectivity index (χ0) is 23.3. The van der Waals surface area contributed by atoms with Crippen LogP contribution >= 0.6 is 0 Å². The molecule has 0 amide bonds. The van der Waals surface area contributed by atoms with Crippen LogP contribution in [-0.2, 0) is 6.18 Å². The van der Waals surface area contributed by atoms with Gasteiger partial charge in [-0.3, -0.25) is 9.69 Å². The minimum Gasteiger partial charge on any atom is -0.458 e. The Bertz CT molecular complexity index is 1200. The summed E-state index contributed by atoms with van der Waals surface area (Å²) in [6, 6.07) is 5.66. The number of pyridine rings is 1. The van der Waals surface area contributed by atoms with E-state index in [1.807, 2.05) is 4.90 Å². The van der Waals surface area contributed by atoms with Crippen molar-refractivity contribution in [2.45, 2.75) is 38.2 Å². The number of ether oxygens (including phenoxy) is 1. The number of halogens is 4. The van der Waals surface area contributed by atoms with Gasteiger partial charge >= 0.3 is 6.18 Å². The molecular weight excluding hydrogens is 444 g/mol. The normalized spacial score (nSPS) is 24.3. The summed E-state index contributed by atoms with van der Waals surface area (Å²) in [6.45, 7) is 2.18. The average molecular weight is 462 g/mol. The predicted octanol–water partition coefficient (Wildman–Crippen LogP) is 4.28. The maximum absolute atomic E-state index is 14.7. The second-order valence-electron chi connectivity index (χ2n) is 8.18. The summed E-state index contributed by atoms with van der Waals surface area (Å²) in [4.78, 5) is 23.1. The van der Waals surface area contributed by atoms with Gasteiger partial charge in [-0.15, -0.1) is 0 Å². The van der Waals surface area contributed by atoms with Gasteiger partial charge in [0.1, 0.15) is 5.82 Å². The maximum Gasteiger partial charge on any atom is 0.417 e. The number of ketones is 1. The smallest absolute Gasteiger partial charge is 0.417 e. The van der Waals surface area contributed by atoms with Crippen LogP contribution in [0.15, 0.2) is 41.1 Å². The Morgan fingerprint density at radius 3 is 2.67 bits per heavy atom. The molecule has 5 rings (SSSR count). The number of hydrogen-bond acceptors (Lipinski definition) is 7. The van der Waals surface area contributed by atoms with Crippen LogP contribution in [0.3, 0.4) is 0 Å². The lowest BCUT2D eigenvalue weighted by atomic mass is 9.91. The number of rotatable bonds is 5.